The molecule has 1 aliphatic carbocycles. The molecule has 2 aliphatic heterocycles. The molecule has 0 aromatic heterocycles. The van der Waals surface area contributed by atoms with Crippen LogP contribution in [0.25, 0.3) is 0 Å². The highest BCUT2D eigenvalue weighted by Crippen LogP contribution is 2.52. The van der Waals surface area contributed by atoms with Crippen molar-refractivity contribution in [2.24, 2.45) is 0 Å². The minimum atomic E-state index is -1.10. The Labute approximate surface area is 125 Å². The second-order valence-electron chi connectivity index (χ2n) is 7.38. The van der Waals surface area contributed by atoms with Gasteiger partial charge in [0, 0.05) is 13.5 Å². The summed E-state index contributed by atoms with van der Waals surface area (Å²) in [5.41, 5.74) is -1.47. The van der Waals surface area contributed by atoms with Crippen LogP contribution in [0.15, 0.2) is 0 Å². The molecule has 0 radical (unpaired) electrons. The third-order valence-corrected chi connectivity index (χ3v) is 4.14. The fourth-order valence-corrected chi connectivity index (χ4v) is 3.40. The molecule has 1 saturated carbocycles. The summed E-state index contributed by atoms with van der Waals surface area (Å²) < 4.78 is 29.1. The van der Waals surface area contributed by atoms with Gasteiger partial charge in [-0.05, 0) is 34.6 Å². The summed E-state index contributed by atoms with van der Waals surface area (Å²) in [6.07, 6.45) is -1.53. The zero-order valence-corrected chi connectivity index (χ0v) is 13.5. The van der Waals surface area contributed by atoms with Crippen LogP contribution in [-0.2, 0) is 28.5 Å². The number of hydrogen-bond acceptors (Lipinski definition) is 6. The lowest BCUT2D eigenvalue weighted by Gasteiger charge is -2.48. The van der Waals surface area contributed by atoms with Crippen molar-refractivity contribution in [3.63, 3.8) is 0 Å². The Bertz CT molecular complexity index is 454. The smallest absolute Gasteiger partial charge is 0.187 e. The number of carbonyl (C=O) groups excluding carboxylic acids is 1. The van der Waals surface area contributed by atoms with E-state index in [-0.39, 0.29) is 17.5 Å². The number of carbonyl (C=O) groups is 1. The first-order chi connectivity index (χ1) is 9.59. The van der Waals surface area contributed by atoms with E-state index >= 15 is 0 Å². The first-order valence-corrected chi connectivity index (χ1v) is 7.36. The van der Waals surface area contributed by atoms with Crippen molar-refractivity contribution in [2.75, 3.05) is 7.11 Å². The van der Waals surface area contributed by atoms with Crippen molar-refractivity contribution in [1.29, 1.82) is 0 Å². The molecule has 3 aliphatic rings. The number of ether oxygens (including phenoxy) is 5. The summed E-state index contributed by atoms with van der Waals surface area (Å²) in [7, 11) is 1.54. The molecule has 21 heavy (non-hydrogen) atoms. The fourth-order valence-electron chi connectivity index (χ4n) is 3.40. The lowest BCUT2D eigenvalue weighted by Crippen LogP contribution is -2.69. The molecule has 5 atom stereocenters. The Morgan fingerprint density at radius 1 is 1.19 bits per heavy atom. The molecule has 120 valence electrons. The molecule has 3 unspecified atom stereocenters. The van der Waals surface area contributed by atoms with Gasteiger partial charge in [0.25, 0.3) is 0 Å². The second-order valence-corrected chi connectivity index (χ2v) is 7.38. The fraction of sp³-hybridized carbons (Fsp3) is 0.933. The Morgan fingerprint density at radius 2 is 1.86 bits per heavy atom. The van der Waals surface area contributed by atoms with E-state index in [0.29, 0.717) is 6.42 Å². The minimum absolute atomic E-state index is 0.00685. The molecule has 1 spiro atoms. The Balaban J connectivity index is 1.90. The Hall–Kier alpha value is -0.530. The average molecular weight is 300 g/mol. The predicted octanol–water partition coefficient (Wildman–Crippen LogP) is 1.40. The maximum Gasteiger partial charge on any atom is 0.187 e. The third-order valence-electron chi connectivity index (χ3n) is 4.14. The molecule has 0 aromatic rings. The maximum atomic E-state index is 12.4. The quantitative estimate of drug-likeness (QED) is 0.768. The van der Waals surface area contributed by atoms with Gasteiger partial charge in [-0.25, -0.2) is 0 Å². The van der Waals surface area contributed by atoms with Gasteiger partial charge in [0.05, 0.1) is 5.60 Å². The van der Waals surface area contributed by atoms with Crippen LogP contribution in [0, 0.1) is 0 Å². The van der Waals surface area contributed by atoms with E-state index in [1.165, 1.54) is 7.11 Å². The highest BCUT2D eigenvalue weighted by atomic mass is 16.8. The predicted molar refractivity (Wildman–Crippen MR) is 72.7 cm³/mol. The van der Waals surface area contributed by atoms with Crippen LogP contribution in [-0.4, -0.2) is 54.5 Å². The molecular formula is C15H24O6. The van der Waals surface area contributed by atoms with E-state index in [0.717, 1.165) is 0 Å². The molecule has 0 bridgehead atoms. The minimum Gasteiger partial charge on any atom is -0.369 e. The van der Waals surface area contributed by atoms with Crippen LogP contribution < -0.4 is 0 Å². The normalized spacial score (nSPS) is 45.0. The highest BCUT2D eigenvalue weighted by molar-refractivity contribution is 5.96. The van der Waals surface area contributed by atoms with Crippen molar-refractivity contribution in [1.82, 2.24) is 0 Å². The third kappa shape index (κ3) is 2.24. The summed E-state index contributed by atoms with van der Waals surface area (Å²) in [5.74, 6) is -0.766. The largest absolute Gasteiger partial charge is 0.369 e. The summed E-state index contributed by atoms with van der Waals surface area (Å²) in [5, 5.41) is 0. The molecule has 2 saturated heterocycles. The van der Waals surface area contributed by atoms with Crippen molar-refractivity contribution in [2.45, 2.75) is 82.6 Å². The molecular weight excluding hydrogens is 276 g/mol. The zero-order chi connectivity index (χ0) is 15.6. The van der Waals surface area contributed by atoms with Gasteiger partial charge in [-0.2, -0.15) is 0 Å². The molecule has 0 aromatic carbocycles. The maximum absolute atomic E-state index is 12.4. The van der Waals surface area contributed by atoms with Crippen molar-refractivity contribution in [3.05, 3.63) is 0 Å². The number of ketones is 1. The van der Waals surface area contributed by atoms with Crippen molar-refractivity contribution < 1.29 is 28.5 Å². The number of Topliss-reactive ketones (excluding diaryl/α,β-unsaturated/α-hetero) is 1. The van der Waals surface area contributed by atoms with Crippen LogP contribution in [0.1, 0.15) is 41.0 Å². The van der Waals surface area contributed by atoms with Crippen molar-refractivity contribution >= 4 is 5.78 Å². The van der Waals surface area contributed by atoms with Gasteiger partial charge in [0.2, 0.25) is 0 Å². The van der Waals surface area contributed by atoms with E-state index in [2.05, 4.69) is 0 Å². The van der Waals surface area contributed by atoms with Gasteiger partial charge in [-0.1, -0.05) is 0 Å². The topological polar surface area (TPSA) is 63.2 Å². The van der Waals surface area contributed by atoms with Crippen LogP contribution in [0.5, 0.6) is 0 Å². The summed E-state index contributed by atoms with van der Waals surface area (Å²) >= 11 is 0. The van der Waals surface area contributed by atoms with E-state index in [1.807, 2.05) is 34.6 Å². The molecule has 3 rings (SSSR count). The van der Waals surface area contributed by atoms with E-state index in [4.69, 9.17) is 23.7 Å². The monoisotopic (exact) mass is 300 g/mol. The van der Waals surface area contributed by atoms with E-state index in [9.17, 15) is 4.79 Å². The zero-order valence-electron chi connectivity index (χ0n) is 13.5. The summed E-state index contributed by atoms with van der Waals surface area (Å²) in [6, 6.07) is 0. The molecule has 6 heteroatoms. The number of fused-ring (bicyclic) bond motifs is 2. The first-order valence-electron chi connectivity index (χ1n) is 7.36. The summed E-state index contributed by atoms with van der Waals surface area (Å²) in [6.45, 7) is 9.53. The molecule has 0 N–H and O–H groups in total. The van der Waals surface area contributed by atoms with Crippen LogP contribution in [0.3, 0.4) is 0 Å². The molecule has 0 amide bonds. The van der Waals surface area contributed by atoms with Crippen LogP contribution >= 0.6 is 0 Å². The molecule has 6 nitrogen and oxygen atoms in total. The Kier molecular flexibility index (Phi) is 3.28. The van der Waals surface area contributed by atoms with E-state index in [1.54, 1.807) is 0 Å². The number of hydrogen-bond donors (Lipinski definition) is 0. The van der Waals surface area contributed by atoms with Gasteiger partial charge < -0.3 is 23.7 Å². The van der Waals surface area contributed by atoms with Gasteiger partial charge in [-0.15, -0.1) is 0 Å². The SMILES string of the molecule is COC1O[C@]2(C(=O)CC2OC(C)(C)C)[C@@H]2OC(C)(C)OC12. The van der Waals surface area contributed by atoms with Crippen molar-refractivity contribution in [3.8, 4) is 0 Å². The van der Waals surface area contributed by atoms with E-state index < -0.39 is 29.9 Å². The van der Waals surface area contributed by atoms with Gasteiger partial charge in [0.1, 0.15) is 18.3 Å². The molecule has 3 fully saturated rings. The highest BCUT2D eigenvalue weighted by Gasteiger charge is 2.74. The Morgan fingerprint density at radius 3 is 2.38 bits per heavy atom. The first kappa shape index (κ1) is 15.4. The summed E-state index contributed by atoms with van der Waals surface area (Å²) in [4.78, 5) is 12.4. The van der Waals surface area contributed by atoms with Gasteiger partial charge >= 0.3 is 0 Å². The van der Waals surface area contributed by atoms with Gasteiger partial charge in [-0.3, -0.25) is 4.79 Å². The van der Waals surface area contributed by atoms with Gasteiger partial charge in [0.15, 0.2) is 23.5 Å². The lowest BCUT2D eigenvalue weighted by atomic mass is 9.71. The second kappa shape index (κ2) is 4.49. The van der Waals surface area contributed by atoms with Crippen LogP contribution in [0.4, 0.5) is 0 Å². The number of rotatable bonds is 2. The molecule has 2 heterocycles. The van der Waals surface area contributed by atoms with Crippen LogP contribution in [0.2, 0.25) is 0 Å². The standard InChI is InChI=1S/C15H24O6/c1-13(2,3)18-9-7-8(16)15(9)11-10(12(17-6)21-15)19-14(4,5)20-11/h9-12H,7H2,1-6H3/t9?,10?,11-,12?,15+/m1/s1. The lowest BCUT2D eigenvalue weighted by molar-refractivity contribution is -0.286. The average Bonchev–Trinajstić information content (AvgIpc) is 2.79. The number of methoxy groups -OCH3 is 1.